The highest BCUT2D eigenvalue weighted by Gasteiger charge is 2.26. The van der Waals surface area contributed by atoms with Gasteiger partial charge < -0.3 is 15.0 Å². The van der Waals surface area contributed by atoms with Crippen molar-refractivity contribution in [1.29, 1.82) is 0 Å². The number of carboxylic acids is 1. The summed E-state index contributed by atoms with van der Waals surface area (Å²) < 4.78 is 2.33. The normalized spacial score (nSPS) is 13.1. The van der Waals surface area contributed by atoms with Gasteiger partial charge in [-0.15, -0.1) is 0 Å². The summed E-state index contributed by atoms with van der Waals surface area (Å²) in [6.07, 6.45) is 4.01. The molecule has 3 aromatic carbocycles. The average molecular weight is 460 g/mol. The number of nitrogens with zero attached hydrogens (tertiary/aromatic N) is 2. The van der Waals surface area contributed by atoms with Crippen molar-refractivity contribution in [3.05, 3.63) is 114 Å². The molecule has 0 atom stereocenters. The second kappa shape index (κ2) is 8.76. The molecule has 1 fully saturated rings. The van der Waals surface area contributed by atoms with Gasteiger partial charge in [-0.1, -0.05) is 60.7 Å². The second-order valence-corrected chi connectivity index (χ2v) is 9.11. The van der Waals surface area contributed by atoms with Crippen LogP contribution in [0.25, 0.3) is 22.2 Å². The van der Waals surface area contributed by atoms with Crippen LogP contribution in [0.3, 0.4) is 0 Å². The SMILES string of the molecule is O=C(O)c1cc(C2CC2)cnc1Nc1ccc2c(c1)cc(-c1ccccc1)n2Cc1ccccc1. The van der Waals surface area contributed by atoms with E-state index in [4.69, 9.17) is 0 Å². The Morgan fingerprint density at radius 1 is 0.943 bits per heavy atom. The van der Waals surface area contributed by atoms with Gasteiger partial charge in [0.05, 0.1) is 0 Å². The molecule has 0 bridgehead atoms. The van der Waals surface area contributed by atoms with Gasteiger partial charge in [0.25, 0.3) is 0 Å². The third-order valence-electron chi connectivity index (χ3n) is 6.61. The van der Waals surface area contributed by atoms with Crippen LogP contribution in [0, 0.1) is 0 Å². The molecule has 0 aliphatic heterocycles. The lowest BCUT2D eigenvalue weighted by atomic mass is 10.1. The summed E-state index contributed by atoms with van der Waals surface area (Å²) in [4.78, 5) is 16.4. The van der Waals surface area contributed by atoms with Crippen molar-refractivity contribution in [3.8, 4) is 11.3 Å². The molecule has 0 saturated heterocycles. The van der Waals surface area contributed by atoms with E-state index in [1.54, 1.807) is 12.3 Å². The summed E-state index contributed by atoms with van der Waals surface area (Å²) in [5, 5.41) is 14.1. The smallest absolute Gasteiger partial charge is 0.339 e. The maximum Gasteiger partial charge on any atom is 0.339 e. The Morgan fingerprint density at radius 2 is 1.69 bits per heavy atom. The van der Waals surface area contributed by atoms with Crippen molar-refractivity contribution >= 4 is 28.4 Å². The largest absolute Gasteiger partial charge is 0.478 e. The van der Waals surface area contributed by atoms with Crippen molar-refractivity contribution in [2.24, 2.45) is 0 Å². The third kappa shape index (κ3) is 4.28. The van der Waals surface area contributed by atoms with Gasteiger partial charge >= 0.3 is 5.97 Å². The van der Waals surface area contributed by atoms with Gasteiger partial charge in [0.1, 0.15) is 11.4 Å². The number of fused-ring (bicyclic) bond motifs is 1. The third-order valence-corrected chi connectivity index (χ3v) is 6.61. The fourth-order valence-electron chi connectivity index (χ4n) is 4.65. The molecule has 0 unspecified atom stereocenters. The standard InChI is InChI=1S/C30H25N3O2/c34-30(35)26-16-24(21-11-12-21)18-31-29(26)32-25-13-14-27-23(15-25)17-28(22-9-5-2-6-10-22)33(27)19-20-7-3-1-4-8-20/h1-10,13-18,21H,11-12,19H2,(H,31,32)(H,34,35). The van der Waals surface area contributed by atoms with Crippen LogP contribution in [-0.2, 0) is 6.54 Å². The lowest BCUT2D eigenvalue weighted by Gasteiger charge is -2.13. The van der Waals surface area contributed by atoms with Gasteiger partial charge in [-0.3, -0.25) is 0 Å². The van der Waals surface area contributed by atoms with Gasteiger partial charge in [-0.2, -0.15) is 0 Å². The van der Waals surface area contributed by atoms with Crippen molar-refractivity contribution in [2.75, 3.05) is 5.32 Å². The minimum Gasteiger partial charge on any atom is -0.478 e. The molecule has 0 radical (unpaired) electrons. The lowest BCUT2D eigenvalue weighted by molar-refractivity contribution is 0.0697. The minimum atomic E-state index is -0.969. The molecule has 5 nitrogen and oxygen atoms in total. The molecule has 35 heavy (non-hydrogen) atoms. The van der Waals surface area contributed by atoms with E-state index >= 15 is 0 Å². The highest BCUT2D eigenvalue weighted by molar-refractivity contribution is 5.95. The van der Waals surface area contributed by atoms with Crippen LogP contribution < -0.4 is 5.32 Å². The minimum absolute atomic E-state index is 0.209. The van der Waals surface area contributed by atoms with E-state index < -0.39 is 5.97 Å². The number of benzene rings is 3. The highest BCUT2D eigenvalue weighted by atomic mass is 16.4. The van der Waals surface area contributed by atoms with E-state index in [9.17, 15) is 9.90 Å². The van der Waals surface area contributed by atoms with E-state index in [1.807, 2.05) is 18.2 Å². The predicted molar refractivity (Wildman–Crippen MR) is 139 cm³/mol. The molecular formula is C30H25N3O2. The quantitative estimate of drug-likeness (QED) is 0.273. The van der Waals surface area contributed by atoms with E-state index in [0.29, 0.717) is 11.7 Å². The van der Waals surface area contributed by atoms with Crippen LogP contribution in [-0.4, -0.2) is 20.6 Å². The highest BCUT2D eigenvalue weighted by Crippen LogP contribution is 2.40. The molecule has 5 aromatic rings. The number of nitrogens with one attached hydrogen (secondary N) is 1. The summed E-state index contributed by atoms with van der Waals surface area (Å²) in [7, 11) is 0. The maximum absolute atomic E-state index is 11.9. The van der Waals surface area contributed by atoms with Gasteiger partial charge in [-0.25, -0.2) is 9.78 Å². The molecule has 0 amide bonds. The molecule has 2 N–H and O–H groups in total. The van der Waals surface area contributed by atoms with Gasteiger partial charge in [0.2, 0.25) is 0 Å². The number of rotatable bonds is 7. The summed E-state index contributed by atoms with van der Waals surface area (Å²) in [6.45, 7) is 0.759. The van der Waals surface area contributed by atoms with Crippen LogP contribution in [0.5, 0.6) is 0 Å². The van der Waals surface area contributed by atoms with Crippen molar-refractivity contribution in [3.63, 3.8) is 0 Å². The van der Waals surface area contributed by atoms with Crippen molar-refractivity contribution < 1.29 is 9.90 Å². The molecular weight excluding hydrogens is 434 g/mol. The van der Waals surface area contributed by atoms with Crippen LogP contribution in [0.15, 0.2) is 97.2 Å². The first kappa shape index (κ1) is 21.2. The molecule has 2 aromatic heterocycles. The summed E-state index contributed by atoms with van der Waals surface area (Å²) >= 11 is 0. The fraction of sp³-hybridized carbons (Fsp3) is 0.133. The number of carbonyl (C=O) groups is 1. The molecule has 1 aliphatic carbocycles. The van der Waals surface area contributed by atoms with E-state index in [0.717, 1.165) is 52.8 Å². The van der Waals surface area contributed by atoms with E-state index in [-0.39, 0.29) is 5.56 Å². The Morgan fingerprint density at radius 3 is 2.40 bits per heavy atom. The number of aromatic carboxylic acids is 1. The van der Waals surface area contributed by atoms with Crippen molar-refractivity contribution in [2.45, 2.75) is 25.3 Å². The van der Waals surface area contributed by atoms with Gasteiger partial charge in [0, 0.05) is 35.0 Å². The van der Waals surface area contributed by atoms with Crippen LogP contribution in [0.4, 0.5) is 11.5 Å². The van der Waals surface area contributed by atoms with Crippen LogP contribution >= 0.6 is 0 Å². The molecule has 172 valence electrons. The zero-order valence-electron chi connectivity index (χ0n) is 19.2. The molecule has 1 aliphatic rings. The Labute approximate surface area is 203 Å². The fourth-order valence-corrected chi connectivity index (χ4v) is 4.65. The first-order chi connectivity index (χ1) is 17.2. The second-order valence-electron chi connectivity index (χ2n) is 9.11. The summed E-state index contributed by atoms with van der Waals surface area (Å²) in [5.74, 6) is -0.149. The number of hydrogen-bond acceptors (Lipinski definition) is 3. The number of aromatic nitrogens is 2. The molecule has 5 heteroatoms. The number of hydrogen-bond donors (Lipinski definition) is 2. The zero-order chi connectivity index (χ0) is 23.8. The Balaban J connectivity index is 1.40. The average Bonchev–Trinajstić information content (AvgIpc) is 3.68. The summed E-state index contributed by atoms with van der Waals surface area (Å²) in [5.41, 5.74) is 6.67. The van der Waals surface area contributed by atoms with E-state index in [2.05, 4.69) is 81.6 Å². The van der Waals surface area contributed by atoms with Gasteiger partial charge in [-0.05, 0) is 65.8 Å². The van der Waals surface area contributed by atoms with Gasteiger partial charge in [0.15, 0.2) is 0 Å². The number of anilines is 2. The molecule has 6 rings (SSSR count). The molecule has 0 spiro atoms. The molecule has 1 saturated carbocycles. The monoisotopic (exact) mass is 459 g/mol. The number of pyridine rings is 1. The van der Waals surface area contributed by atoms with E-state index in [1.165, 1.54) is 5.56 Å². The lowest BCUT2D eigenvalue weighted by Crippen LogP contribution is -2.06. The summed E-state index contributed by atoms with van der Waals surface area (Å²) in [6, 6.07) is 30.9. The first-order valence-corrected chi connectivity index (χ1v) is 11.9. The molecule has 2 heterocycles. The topological polar surface area (TPSA) is 67.2 Å². The number of carboxylic acid groups (broad SMARTS) is 1. The van der Waals surface area contributed by atoms with Crippen LogP contribution in [0.1, 0.15) is 40.2 Å². The predicted octanol–water partition coefficient (Wildman–Crippen LogP) is 7.07. The Kier molecular flexibility index (Phi) is 5.30. The Hall–Kier alpha value is -4.38. The Bertz CT molecular complexity index is 1520. The maximum atomic E-state index is 11.9. The van der Waals surface area contributed by atoms with Crippen LogP contribution in [0.2, 0.25) is 0 Å². The van der Waals surface area contributed by atoms with Crippen molar-refractivity contribution in [1.82, 2.24) is 9.55 Å². The zero-order valence-corrected chi connectivity index (χ0v) is 19.2. The first-order valence-electron chi connectivity index (χ1n) is 11.9.